The Balaban J connectivity index is 1.33. The van der Waals surface area contributed by atoms with Crippen molar-refractivity contribution in [3.05, 3.63) is 47.7 Å². The van der Waals surface area contributed by atoms with Gasteiger partial charge in [-0.1, -0.05) is 12.1 Å². The number of nitrogens with zero attached hydrogens (tertiary/aromatic N) is 1. The molecule has 1 aromatic carbocycles. The number of ether oxygens (including phenoxy) is 1. The van der Waals surface area contributed by atoms with E-state index in [2.05, 4.69) is 15.6 Å². The van der Waals surface area contributed by atoms with E-state index in [1.165, 1.54) is 0 Å². The van der Waals surface area contributed by atoms with E-state index in [0.717, 1.165) is 36.1 Å². The summed E-state index contributed by atoms with van der Waals surface area (Å²) in [6.45, 7) is 0.709. The van der Waals surface area contributed by atoms with Gasteiger partial charge in [-0.15, -0.1) is 0 Å². The molecular formula is C19H19N3O3. The number of nitrogens with one attached hydrogen (secondary N) is 2. The van der Waals surface area contributed by atoms with Crippen molar-refractivity contribution in [3.8, 4) is 5.75 Å². The van der Waals surface area contributed by atoms with E-state index in [1.54, 1.807) is 18.3 Å². The lowest BCUT2D eigenvalue weighted by molar-refractivity contribution is -0.117. The van der Waals surface area contributed by atoms with Crippen LogP contribution in [0.3, 0.4) is 0 Å². The molecule has 128 valence electrons. The lowest BCUT2D eigenvalue weighted by atomic mass is 10.1. The van der Waals surface area contributed by atoms with Crippen molar-refractivity contribution >= 4 is 23.3 Å². The van der Waals surface area contributed by atoms with E-state index in [-0.39, 0.29) is 17.7 Å². The number of rotatable bonds is 5. The summed E-state index contributed by atoms with van der Waals surface area (Å²) in [5, 5.41) is 5.60. The van der Waals surface area contributed by atoms with E-state index < -0.39 is 0 Å². The standard InChI is InChI=1S/C19H19N3O3/c23-18(10-12-1-5-16-14(9-12)7-8-25-16)21-15-4-6-17(20-11-15)22-19(24)13-2-3-13/h1,4-6,9,11,13H,2-3,7-8,10H2,(H,21,23)(H,20,22,24). The van der Waals surface area contributed by atoms with E-state index in [4.69, 9.17) is 4.74 Å². The number of fused-ring (bicyclic) bond motifs is 1. The summed E-state index contributed by atoms with van der Waals surface area (Å²) in [5.74, 6) is 1.48. The number of anilines is 2. The fourth-order valence-corrected chi connectivity index (χ4v) is 2.86. The van der Waals surface area contributed by atoms with Crippen molar-refractivity contribution in [2.45, 2.75) is 25.7 Å². The summed E-state index contributed by atoms with van der Waals surface area (Å²) in [6.07, 6.45) is 4.65. The van der Waals surface area contributed by atoms with Crippen LogP contribution in [-0.4, -0.2) is 23.4 Å². The Labute approximate surface area is 145 Å². The summed E-state index contributed by atoms with van der Waals surface area (Å²) in [6, 6.07) is 9.30. The average Bonchev–Trinajstić information content (AvgIpc) is 3.35. The molecule has 2 amide bonds. The number of benzene rings is 1. The van der Waals surface area contributed by atoms with Crippen LogP contribution in [0.4, 0.5) is 11.5 Å². The fourth-order valence-electron chi connectivity index (χ4n) is 2.86. The highest BCUT2D eigenvalue weighted by Gasteiger charge is 2.29. The maximum absolute atomic E-state index is 12.2. The molecule has 2 heterocycles. The molecule has 0 radical (unpaired) electrons. The molecule has 0 unspecified atom stereocenters. The molecule has 6 heteroatoms. The molecular weight excluding hydrogens is 318 g/mol. The smallest absolute Gasteiger partial charge is 0.228 e. The van der Waals surface area contributed by atoms with Crippen molar-refractivity contribution in [2.24, 2.45) is 5.92 Å². The molecule has 1 saturated carbocycles. The van der Waals surface area contributed by atoms with Gasteiger partial charge >= 0.3 is 0 Å². The van der Waals surface area contributed by atoms with Gasteiger partial charge in [-0.2, -0.15) is 0 Å². The first-order valence-corrected chi connectivity index (χ1v) is 8.49. The topological polar surface area (TPSA) is 80.3 Å². The van der Waals surface area contributed by atoms with Crippen molar-refractivity contribution < 1.29 is 14.3 Å². The van der Waals surface area contributed by atoms with E-state index >= 15 is 0 Å². The summed E-state index contributed by atoms with van der Waals surface area (Å²) >= 11 is 0. The first kappa shape index (κ1) is 15.6. The normalized spacial score (nSPS) is 15.2. The molecule has 6 nitrogen and oxygen atoms in total. The number of pyridine rings is 1. The molecule has 0 atom stereocenters. The molecule has 0 spiro atoms. The van der Waals surface area contributed by atoms with E-state index in [1.807, 2.05) is 18.2 Å². The zero-order valence-electron chi connectivity index (χ0n) is 13.7. The van der Waals surface area contributed by atoms with Gasteiger partial charge in [-0.3, -0.25) is 9.59 Å². The second-order valence-electron chi connectivity index (χ2n) is 6.46. The number of carbonyl (C=O) groups is 2. The Bertz CT molecular complexity index is 813. The number of hydrogen-bond acceptors (Lipinski definition) is 4. The Hall–Kier alpha value is -2.89. The highest BCUT2D eigenvalue weighted by atomic mass is 16.5. The van der Waals surface area contributed by atoms with Gasteiger partial charge in [0.2, 0.25) is 11.8 Å². The third kappa shape index (κ3) is 3.79. The summed E-state index contributed by atoms with van der Waals surface area (Å²) < 4.78 is 5.47. The van der Waals surface area contributed by atoms with Crippen LogP contribution in [0.1, 0.15) is 24.0 Å². The summed E-state index contributed by atoms with van der Waals surface area (Å²) in [5.41, 5.74) is 2.73. The van der Waals surface area contributed by atoms with Crippen molar-refractivity contribution in [1.29, 1.82) is 0 Å². The van der Waals surface area contributed by atoms with Gasteiger partial charge in [-0.05, 0) is 42.2 Å². The zero-order valence-corrected chi connectivity index (χ0v) is 13.7. The highest BCUT2D eigenvalue weighted by Crippen LogP contribution is 2.30. The van der Waals surface area contributed by atoms with Crippen LogP contribution in [0.5, 0.6) is 5.75 Å². The van der Waals surface area contributed by atoms with Crippen LogP contribution < -0.4 is 15.4 Å². The average molecular weight is 337 g/mol. The van der Waals surface area contributed by atoms with Gasteiger partial charge in [-0.25, -0.2) is 4.98 Å². The monoisotopic (exact) mass is 337 g/mol. The molecule has 1 fully saturated rings. The Morgan fingerprint density at radius 1 is 1.16 bits per heavy atom. The minimum atomic E-state index is -0.101. The third-order valence-electron chi connectivity index (χ3n) is 4.37. The number of aromatic nitrogens is 1. The zero-order chi connectivity index (χ0) is 17.2. The molecule has 25 heavy (non-hydrogen) atoms. The van der Waals surface area contributed by atoms with Gasteiger partial charge in [0.05, 0.1) is 24.9 Å². The first-order valence-electron chi connectivity index (χ1n) is 8.49. The van der Waals surface area contributed by atoms with Gasteiger partial charge in [0.15, 0.2) is 0 Å². The summed E-state index contributed by atoms with van der Waals surface area (Å²) in [7, 11) is 0. The molecule has 1 aliphatic carbocycles. The van der Waals surface area contributed by atoms with Crippen molar-refractivity contribution in [3.63, 3.8) is 0 Å². The van der Waals surface area contributed by atoms with Crippen LogP contribution in [0, 0.1) is 5.92 Å². The predicted molar refractivity (Wildman–Crippen MR) is 93.6 cm³/mol. The van der Waals surface area contributed by atoms with Crippen LogP contribution in [0.2, 0.25) is 0 Å². The number of hydrogen-bond donors (Lipinski definition) is 2. The minimum Gasteiger partial charge on any atom is -0.493 e. The number of amides is 2. The quantitative estimate of drug-likeness (QED) is 0.879. The van der Waals surface area contributed by atoms with E-state index in [9.17, 15) is 9.59 Å². The highest BCUT2D eigenvalue weighted by molar-refractivity contribution is 5.94. The lowest BCUT2D eigenvalue weighted by Crippen LogP contribution is -2.16. The Kier molecular flexibility index (Phi) is 4.09. The molecule has 2 aliphatic rings. The van der Waals surface area contributed by atoms with Crippen LogP contribution in [-0.2, 0) is 22.4 Å². The van der Waals surface area contributed by atoms with Crippen molar-refractivity contribution in [2.75, 3.05) is 17.2 Å². The molecule has 1 aliphatic heterocycles. The lowest BCUT2D eigenvalue weighted by Gasteiger charge is -2.08. The van der Waals surface area contributed by atoms with E-state index in [0.29, 0.717) is 24.5 Å². The van der Waals surface area contributed by atoms with Gasteiger partial charge in [0.1, 0.15) is 11.6 Å². The maximum Gasteiger partial charge on any atom is 0.228 e. The minimum absolute atomic E-state index is 0.0184. The first-order chi connectivity index (χ1) is 12.2. The fraction of sp³-hybridized carbons (Fsp3) is 0.316. The second-order valence-corrected chi connectivity index (χ2v) is 6.46. The van der Waals surface area contributed by atoms with Gasteiger partial charge in [0, 0.05) is 12.3 Å². The SMILES string of the molecule is O=C(Cc1ccc2c(c1)CCO2)Nc1ccc(NC(=O)C2CC2)nc1. The molecule has 2 aromatic rings. The van der Waals surface area contributed by atoms with Crippen molar-refractivity contribution in [1.82, 2.24) is 4.98 Å². The Morgan fingerprint density at radius 2 is 2.04 bits per heavy atom. The molecule has 0 saturated heterocycles. The third-order valence-corrected chi connectivity index (χ3v) is 4.37. The van der Waals surface area contributed by atoms with Gasteiger partial charge < -0.3 is 15.4 Å². The summed E-state index contributed by atoms with van der Waals surface area (Å²) in [4.78, 5) is 28.1. The molecule has 2 N–H and O–H groups in total. The maximum atomic E-state index is 12.2. The largest absolute Gasteiger partial charge is 0.493 e. The van der Waals surface area contributed by atoms with Crippen LogP contribution in [0.25, 0.3) is 0 Å². The van der Waals surface area contributed by atoms with Gasteiger partial charge in [0.25, 0.3) is 0 Å². The molecule has 1 aromatic heterocycles. The second kappa shape index (κ2) is 6.55. The predicted octanol–water partition coefficient (Wildman–Crippen LogP) is 2.55. The van der Waals surface area contributed by atoms with Crippen LogP contribution >= 0.6 is 0 Å². The van der Waals surface area contributed by atoms with Crippen LogP contribution in [0.15, 0.2) is 36.5 Å². The molecule has 0 bridgehead atoms. The molecule has 4 rings (SSSR count). The Morgan fingerprint density at radius 3 is 2.80 bits per heavy atom. The number of carbonyl (C=O) groups excluding carboxylic acids is 2.